The van der Waals surface area contributed by atoms with E-state index in [9.17, 15) is 9.59 Å². The Morgan fingerprint density at radius 3 is 2.77 bits per heavy atom. The van der Waals surface area contributed by atoms with Crippen molar-refractivity contribution in [1.82, 2.24) is 15.1 Å². The van der Waals surface area contributed by atoms with Crippen molar-refractivity contribution in [2.24, 2.45) is 0 Å². The van der Waals surface area contributed by atoms with Crippen LogP contribution in [-0.2, 0) is 9.59 Å². The molecule has 0 radical (unpaired) electrons. The van der Waals surface area contributed by atoms with Crippen molar-refractivity contribution in [3.05, 3.63) is 34.9 Å². The highest BCUT2D eigenvalue weighted by atomic mass is 35.5. The van der Waals surface area contributed by atoms with E-state index in [0.29, 0.717) is 19.6 Å². The summed E-state index contributed by atoms with van der Waals surface area (Å²) in [7, 11) is 0. The Morgan fingerprint density at radius 2 is 2.05 bits per heavy atom. The molecule has 0 aromatic heterocycles. The topological polar surface area (TPSA) is 52.7 Å². The van der Waals surface area contributed by atoms with Crippen LogP contribution in [0.4, 0.5) is 0 Å². The maximum absolute atomic E-state index is 12.4. The van der Waals surface area contributed by atoms with Gasteiger partial charge in [-0.05, 0) is 37.1 Å². The van der Waals surface area contributed by atoms with Gasteiger partial charge in [-0.1, -0.05) is 23.7 Å². The van der Waals surface area contributed by atoms with Crippen LogP contribution < -0.4 is 5.32 Å². The van der Waals surface area contributed by atoms with Gasteiger partial charge in [-0.2, -0.15) is 0 Å². The van der Waals surface area contributed by atoms with Gasteiger partial charge in [0.25, 0.3) is 0 Å². The molecule has 0 saturated carbocycles. The Balaban J connectivity index is 1.64. The molecule has 2 fully saturated rings. The fourth-order valence-electron chi connectivity index (χ4n) is 3.20. The standard InChI is InChI=1S/C16H20ClN3O2/c17-13-5-3-12(4-6-13)14-2-1-8-19(14)11-16(22)20-9-7-18-15(21)10-20/h3-6,14H,1-2,7-11H2,(H,18,21)/t14-/m0/s1. The Labute approximate surface area is 135 Å². The Morgan fingerprint density at radius 1 is 1.27 bits per heavy atom. The molecule has 5 nitrogen and oxygen atoms in total. The molecule has 1 atom stereocenters. The van der Waals surface area contributed by atoms with Gasteiger partial charge in [0.1, 0.15) is 0 Å². The highest BCUT2D eigenvalue weighted by molar-refractivity contribution is 6.30. The van der Waals surface area contributed by atoms with Gasteiger partial charge in [0.2, 0.25) is 11.8 Å². The Bertz CT molecular complexity index is 561. The quantitative estimate of drug-likeness (QED) is 0.916. The maximum Gasteiger partial charge on any atom is 0.239 e. The van der Waals surface area contributed by atoms with Gasteiger partial charge < -0.3 is 10.2 Å². The molecule has 1 N–H and O–H groups in total. The highest BCUT2D eigenvalue weighted by Crippen LogP contribution is 2.32. The van der Waals surface area contributed by atoms with E-state index in [1.165, 1.54) is 5.56 Å². The van der Waals surface area contributed by atoms with Crippen molar-refractivity contribution in [2.45, 2.75) is 18.9 Å². The number of rotatable bonds is 3. The van der Waals surface area contributed by atoms with E-state index >= 15 is 0 Å². The number of likely N-dealkylation sites (tertiary alicyclic amines) is 1. The summed E-state index contributed by atoms with van der Waals surface area (Å²) in [6.45, 7) is 2.62. The molecule has 2 amide bonds. The maximum atomic E-state index is 12.4. The van der Waals surface area contributed by atoms with Crippen LogP contribution in [0.15, 0.2) is 24.3 Å². The van der Waals surface area contributed by atoms with E-state index < -0.39 is 0 Å². The summed E-state index contributed by atoms with van der Waals surface area (Å²) < 4.78 is 0. The van der Waals surface area contributed by atoms with Crippen LogP contribution in [0.25, 0.3) is 0 Å². The molecule has 6 heteroatoms. The predicted octanol–water partition coefficient (Wildman–Crippen LogP) is 1.44. The lowest BCUT2D eigenvalue weighted by molar-refractivity contribution is -0.139. The summed E-state index contributed by atoms with van der Waals surface area (Å²) in [5, 5.41) is 3.47. The third-order valence-corrected chi connectivity index (χ3v) is 4.60. The van der Waals surface area contributed by atoms with Crippen LogP contribution in [0, 0.1) is 0 Å². The second kappa shape index (κ2) is 6.67. The van der Waals surface area contributed by atoms with Crippen LogP contribution in [0.5, 0.6) is 0 Å². The number of carbonyl (C=O) groups is 2. The molecule has 2 aliphatic rings. The van der Waals surface area contributed by atoms with Gasteiger partial charge in [0.05, 0.1) is 13.1 Å². The van der Waals surface area contributed by atoms with Crippen molar-refractivity contribution >= 4 is 23.4 Å². The van der Waals surface area contributed by atoms with E-state index in [-0.39, 0.29) is 24.4 Å². The van der Waals surface area contributed by atoms with Gasteiger partial charge in [-0.25, -0.2) is 0 Å². The minimum absolute atomic E-state index is 0.0377. The van der Waals surface area contributed by atoms with Crippen LogP contribution >= 0.6 is 11.6 Å². The number of halogens is 1. The lowest BCUT2D eigenvalue weighted by Gasteiger charge is -2.30. The molecule has 3 rings (SSSR count). The molecule has 22 heavy (non-hydrogen) atoms. The smallest absolute Gasteiger partial charge is 0.239 e. The van der Waals surface area contributed by atoms with E-state index in [0.717, 1.165) is 24.4 Å². The lowest BCUT2D eigenvalue weighted by Crippen LogP contribution is -2.52. The van der Waals surface area contributed by atoms with Crippen LogP contribution in [0.2, 0.25) is 5.02 Å². The van der Waals surface area contributed by atoms with Gasteiger partial charge in [-0.15, -0.1) is 0 Å². The zero-order chi connectivity index (χ0) is 15.5. The minimum atomic E-state index is -0.0738. The van der Waals surface area contributed by atoms with E-state index in [1.54, 1.807) is 4.90 Å². The molecular formula is C16H20ClN3O2. The normalized spacial score (nSPS) is 22.7. The number of nitrogens with zero attached hydrogens (tertiary/aromatic N) is 2. The summed E-state index contributed by atoms with van der Waals surface area (Å²) in [6.07, 6.45) is 2.14. The minimum Gasteiger partial charge on any atom is -0.353 e. The number of piperazine rings is 1. The first-order valence-electron chi connectivity index (χ1n) is 7.67. The Hall–Kier alpha value is -1.59. The molecule has 1 aromatic rings. The second-order valence-electron chi connectivity index (χ2n) is 5.85. The number of carbonyl (C=O) groups excluding carboxylic acids is 2. The van der Waals surface area contributed by atoms with Crippen LogP contribution in [0.3, 0.4) is 0 Å². The van der Waals surface area contributed by atoms with Crippen molar-refractivity contribution in [1.29, 1.82) is 0 Å². The summed E-state index contributed by atoms with van der Waals surface area (Å²) in [5.41, 5.74) is 1.20. The number of benzene rings is 1. The van der Waals surface area contributed by atoms with Gasteiger partial charge in [0.15, 0.2) is 0 Å². The number of amides is 2. The van der Waals surface area contributed by atoms with Crippen molar-refractivity contribution in [2.75, 3.05) is 32.7 Å². The molecule has 2 heterocycles. The first-order valence-corrected chi connectivity index (χ1v) is 8.05. The number of hydrogen-bond donors (Lipinski definition) is 1. The van der Waals surface area contributed by atoms with Gasteiger partial charge in [-0.3, -0.25) is 14.5 Å². The SMILES string of the molecule is O=C1CN(C(=O)CN2CCC[C@H]2c2ccc(Cl)cc2)CCN1. The van der Waals surface area contributed by atoms with Crippen molar-refractivity contribution < 1.29 is 9.59 Å². The van der Waals surface area contributed by atoms with E-state index in [4.69, 9.17) is 11.6 Å². The fraction of sp³-hybridized carbons (Fsp3) is 0.500. The monoisotopic (exact) mass is 321 g/mol. The third kappa shape index (κ3) is 3.42. The summed E-state index contributed by atoms with van der Waals surface area (Å²) in [5.74, 6) is -0.0361. The van der Waals surface area contributed by atoms with Crippen LogP contribution in [0.1, 0.15) is 24.4 Å². The number of nitrogens with one attached hydrogen (secondary N) is 1. The zero-order valence-corrected chi connectivity index (χ0v) is 13.2. The molecular weight excluding hydrogens is 302 g/mol. The molecule has 0 unspecified atom stereocenters. The second-order valence-corrected chi connectivity index (χ2v) is 6.28. The highest BCUT2D eigenvalue weighted by Gasteiger charge is 2.30. The molecule has 118 valence electrons. The molecule has 2 saturated heterocycles. The van der Waals surface area contributed by atoms with Gasteiger partial charge >= 0.3 is 0 Å². The molecule has 0 aliphatic carbocycles. The van der Waals surface area contributed by atoms with Crippen molar-refractivity contribution in [3.63, 3.8) is 0 Å². The summed E-state index contributed by atoms with van der Waals surface area (Å²) >= 11 is 5.94. The average Bonchev–Trinajstić information content (AvgIpc) is 2.96. The molecule has 2 aliphatic heterocycles. The van der Waals surface area contributed by atoms with Gasteiger partial charge in [0, 0.05) is 24.2 Å². The van der Waals surface area contributed by atoms with Crippen LogP contribution in [-0.4, -0.2) is 54.3 Å². The summed E-state index contributed by atoms with van der Waals surface area (Å²) in [6, 6.07) is 8.11. The molecule has 0 bridgehead atoms. The third-order valence-electron chi connectivity index (χ3n) is 4.35. The predicted molar refractivity (Wildman–Crippen MR) is 84.6 cm³/mol. The number of hydrogen-bond acceptors (Lipinski definition) is 3. The average molecular weight is 322 g/mol. The van der Waals surface area contributed by atoms with E-state index in [2.05, 4.69) is 10.2 Å². The zero-order valence-electron chi connectivity index (χ0n) is 12.4. The first-order chi connectivity index (χ1) is 10.6. The lowest BCUT2D eigenvalue weighted by atomic mass is 10.0. The summed E-state index contributed by atoms with van der Waals surface area (Å²) in [4.78, 5) is 27.7. The fourth-order valence-corrected chi connectivity index (χ4v) is 3.33. The molecule has 1 aromatic carbocycles. The molecule has 0 spiro atoms. The largest absolute Gasteiger partial charge is 0.353 e. The van der Waals surface area contributed by atoms with Crippen molar-refractivity contribution in [3.8, 4) is 0 Å². The first kappa shape index (κ1) is 15.3. The Kier molecular flexibility index (Phi) is 4.64. The van der Waals surface area contributed by atoms with E-state index in [1.807, 2.05) is 24.3 Å².